The molecule has 26 heavy (non-hydrogen) atoms. The van der Waals surface area contributed by atoms with E-state index in [-0.39, 0.29) is 17.9 Å². The summed E-state index contributed by atoms with van der Waals surface area (Å²) in [6.45, 7) is 4.15. The molecular weight excluding hydrogens is 324 g/mol. The number of hydrogen-bond acceptors (Lipinski definition) is 3. The number of ether oxygens (including phenoxy) is 1. The Balaban J connectivity index is 1.81. The number of Topliss-reactive ketones (excluding diaryl/α,β-unsaturated/α-hetero) is 1. The van der Waals surface area contributed by atoms with Gasteiger partial charge in [-0.15, -0.1) is 0 Å². The van der Waals surface area contributed by atoms with Crippen molar-refractivity contribution in [2.24, 2.45) is 5.92 Å². The summed E-state index contributed by atoms with van der Waals surface area (Å²) >= 11 is 0. The zero-order chi connectivity index (χ0) is 18.7. The maximum Gasteiger partial charge on any atom is 0.140 e. The Labute approximate surface area is 156 Å². The van der Waals surface area contributed by atoms with Gasteiger partial charge in [0.25, 0.3) is 0 Å². The van der Waals surface area contributed by atoms with Crippen LogP contribution in [0.1, 0.15) is 49.3 Å². The first-order chi connectivity index (χ1) is 12.4. The van der Waals surface area contributed by atoms with Crippen LogP contribution in [0.25, 0.3) is 0 Å². The van der Waals surface area contributed by atoms with Crippen molar-refractivity contribution in [3.8, 4) is 5.75 Å². The van der Waals surface area contributed by atoms with Crippen molar-refractivity contribution in [3.63, 3.8) is 0 Å². The van der Waals surface area contributed by atoms with E-state index in [4.69, 9.17) is 4.74 Å². The van der Waals surface area contributed by atoms with Crippen LogP contribution in [-0.2, 0) is 16.6 Å². The molecule has 1 fully saturated rings. The van der Waals surface area contributed by atoms with Crippen molar-refractivity contribution < 1.29 is 14.6 Å². The minimum atomic E-state index is -0.266. The number of aliphatic hydroxyl groups excluding tert-OH is 1. The van der Waals surface area contributed by atoms with Gasteiger partial charge in [0.15, 0.2) is 0 Å². The first-order valence-corrected chi connectivity index (χ1v) is 9.31. The van der Waals surface area contributed by atoms with Crippen LogP contribution in [0.15, 0.2) is 48.5 Å². The maximum absolute atomic E-state index is 12.6. The monoisotopic (exact) mass is 352 g/mol. The molecule has 3 rings (SSSR count). The van der Waals surface area contributed by atoms with E-state index in [0.29, 0.717) is 18.1 Å². The van der Waals surface area contributed by atoms with Crippen molar-refractivity contribution in [1.82, 2.24) is 0 Å². The molecule has 3 heteroatoms. The number of methoxy groups -OCH3 is 1. The fourth-order valence-electron chi connectivity index (χ4n) is 3.93. The van der Waals surface area contributed by atoms with Crippen molar-refractivity contribution in [2.75, 3.05) is 13.7 Å². The van der Waals surface area contributed by atoms with Crippen LogP contribution in [0.3, 0.4) is 0 Å². The molecule has 1 aliphatic carbocycles. The van der Waals surface area contributed by atoms with E-state index in [0.717, 1.165) is 29.7 Å². The van der Waals surface area contributed by atoms with Gasteiger partial charge in [0.1, 0.15) is 11.5 Å². The molecular formula is C23H28O3. The summed E-state index contributed by atoms with van der Waals surface area (Å²) in [6.07, 6.45) is 2.48. The van der Waals surface area contributed by atoms with Crippen LogP contribution < -0.4 is 4.74 Å². The molecule has 1 aliphatic rings. The molecule has 2 aromatic rings. The lowest BCUT2D eigenvalue weighted by molar-refractivity contribution is -0.119. The smallest absolute Gasteiger partial charge is 0.140 e. The van der Waals surface area contributed by atoms with Crippen molar-refractivity contribution in [3.05, 3.63) is 65.2 Å². The quantitative estimate of drug-likeness (QED) is 0.844. The molecule has 1 N–H and O–H groups in total. The molecule has 0 radical (unpaired) electrons. The van der Waals surface area contributed by atoms with Crippen molar-refractivity contribution >= 4 is 5.78 Å². The lowest BCUT2D eigenvalue weighted by Crippen LogP contribution is -2.22. The molecule has 1 saturated carbocycles. The Morgan fingerprint density at radius 2 is 1.88 bits per heavy atom. The summed E-state index contributed by atoms with van der Waals surface area (Å²) in [5.41, 5.74) is 3.14. The average molecular weight is 352 g/mol. The molecule has 0 aliphatic heterocycles. The maximum atomic E-state index is 12.6. The first-order valence-electron chi connectivity index (χ1n) is 9.31. The Kier molecular flexibility index (Phi) is 5.47. The molecule has 0 spiro atoms. The summed E-state index contributed by atoms with van der Waals surface area (Å²) in [5.74, 6) is 1.49. The Hall–Kier alpha value is -2.13. The summed E-state index contributed by atoms with van der Waals surface area (Å²) in [5, 5.41) is 9.55. The number of hydrogen-bond donors (Lipinski definition) is 1. The SMILES string of the molecule is COc1cccc(CC2CCC(=O)C2c2ccc(C(C)(C)CO)cc2)c1. The number of carbonyl (C=O) groups excluding carboxylic acids is 1. The molecule has 138 valence electrons. The van der Waals surface area contributed by atoms with Gasteiger partial charge in [0, 0.05) is 17.8 Å². The molecule has 2 aromatic carbocycles. The minimum Gasteiger partial charge on any atom is -0.497 e. The highest BCUT2D eigenvalue weighted by atomic mass is 16.5. The number of aliphatic hydroxyl groups is 1. The molecule has 0 aromatic heterocycles. The topological polar surface area (TPSA) is 46.5 Å². The average Bonchev–Trinajstić information content (AvgIpc) is 3.02. The van der Waals surface area contributed by atoms with Crippen molar-refractivity contribution in [2.45, 2.75) is 44.4 Å². The fourth-order valence-corrected chi connectivity index (χ4v) is 3.93. The van der Waals surface area contributed by atoms with E-state index in [1.165, 1.54) is 5.56 Å². The predicted molar refractivity (Wildman–Crippen MR) is 104 cm³/mol. The molecule has 0 heterocycles. The summed E-state index contributed by atoms with van der Waals surface area (Å²) < 4.78 is 5.32. The van der Waals surface area contributed by atoms with Gasteiger partial charge >= 0.3 is 0 Å². The van der Waals surface area contributed by atoms with E-state index in [1.807, 2.05) is 26.0 Å². The standard InChI is InChI=1S/C23H28O3/c1-23(2,15-24)19-10-7-17(8-11-19)22-18(9-12-21(22)25)13-16-5-4-6-20(14-16)26-3/h4-8,10-11,14,18,22,24H,9,12-13,15H2,1-3H3. The highest BCUT2D eigenvalue weighted by Gasteiger charge is 2.35. The molecule has 0 amide bonds. The molecule has 0 saturated heterocycles. The van der Waals surface area contributed by atoms with E-state index >= 15 is 0 Å². The zero-order valence-electron chi connectivity index (χ0n) is 15.9. The molecule has 2 unspecified atom stereocenters. The summed E-state index contributed by atoms with van der Waals surface area (Å²) in [7, 11) is 1.68. The lowest BCUT2D eigenvalue weighted by Gasteiger charge is -2.24. The van der Waals surface area contributed by atoms with Gasteiger partial charge in [-0.3, -0.25) is 4.79 Å². The van der Waals surface area contributed by atoms with Crippen molar-refractivity contribution in [1.29, 1.82) is 0 Å². The minimum absolute atomic E-state index is 0.0347. The summed E-state index contributed by atoms with van der Waals surface area (Å²) in [6, 6.07) is 16.4. The number of ketones is 1. The van der Waals surface area contributed by atoms with E-state index < -0.39 is 0 Å². The lowest BCUT2D eigenvalue weighted by atomic mass is 9.81. The van der Waals surface area contributed by atoms with E-state index in [9.17, 15) is 9.90 Å². The van der Waals surface area contributed by atoms with Gasteiger partial charge < -0.3 is 9.84 Å². The zero-order valence-corrected chi connectivity index (χ0v) is 15.9. The Morgan fingerprint density at radius 3 is 2.54 bits per heavy atom. The molecule has 0 bridgehead atoms. The fraction of sp³-hybridized carbons (Fsp3) is 0.435. The van der Waals surface area contributed by atoms with Gasteiger partial charge in [-0.2, -0.15) is 0 Å². The molecule has 2 atom stereocenters. The van der Waals surface area contributed by atoms with Crippen LogP contribution in [0.2, 0.25) is 0 Å². The normalized spacial score (nSPS) is 20.4. The predicted octanol–water partition coefficient (Wildman–Crippen LogP) is 4.27. The van der Waals surface area contributed by atoms with Crippen LogP contribution in [0.5, 0.6) is 5.75 Å². The Morgan fingerprint density at radius 1 is 1.15 bits per heavy atom. The third kappa shape index (κ3) is 3.83. The van der Waals surface area contributed by atoms with Gasteiger partial charge in [0.2, 0.25) is 0 Å². The number of benzene rings is 2. The van der Waals surface area contributed by atoms with Gasteiger partial charge in [-0.1, -0.05) is 50.2 Å². The third-order valence-electron chi connectivity index (χ3n) is 5.66. The third-order valence-corrected chi connectivity index (χ3v) is 5.66. The van der Waals surface area contributed by atoms with E-state index in [2.05, 4.69) is 36.4 Å². The molecule has 3 nitrogen and oxygen atoms in total. The summed E-state index contributed by atoms with van der Waals surface area (Å²) in [4.78, 5) is 12.6. The second-order valence-corrected chi connectivity index (χ2v) is 7.96. The van der Waals surface area contributed by atoms with Gasteiger partial charge in [-0.05, 0) is 47.6 Å². The first kappa shape index (κ1) is 18.7. The van der Waals surface area contributed by atoms with E-state index in [1.54, 1.807) is 7.11 Å². The second kappa shape index (κ2) is 7.63. The van der Waals surface area contributed by atoms with Crippen LogP contribution in [0.4, 0.5) is 0 Å². The van der Waals surface area contributed by atoms with Crippen LogP contribution in [-0.4, -0.2) is 24.6 Å². The number of rotatable bonds is 6. The largest absolute Gasteiger partial charge is 0.497 e. The number of carbonyl (C=O) groups is 1. The Bertz CT molecular complexity index is 761. The van der Waals surface area contributed by atoms with Crippen LogP contribution >= 0.6 is 0 Å². The highest BCUT2D eigenvalue weighted by Crippen LogP contribution is 2.39. The van der Waals surface area contributed by atoms with Gasteiger partial charge in [0.05, 0.1) is 13.7 Å². The highest BCUT2D eigenvalue weighted by molar-refractivity contribution is 5.88. The second-order valence-electron chi connectivity index (χ2n) is 7.96. The van der Waals surface area contributed by atoms with Crippen LogP contribution in [0, 0.1) is 5.92 Å². The van der Waals surface area contributed by atoms with Gasteiger partial charge in [-0.25, -0.2) is 0 Å².